The number of hydrogen-bond acceptors (Lipinski definition) is 5. The van der Waals surface area contributed by atoms with E-state index >= 15 is 0 Å². The van der Waals surface area contributed by atoms with Crippen molar-refractivity contribution in [1.82, 2.24) is 16.0 Å². The molecule has 0 saturated heterocycles. The summed E-state index contributed by atoms with van der Waals surface area (Å²) >= 11 is 0. The number of nitrogens with one attached hydrogen (secondary N) is 3. The van der Waals surface area contributed by atoms with Crippen LogP contribution >= 0.6 is 0 Å². The number of carbonyl (C=O) groups excluding carboxylic acids is 1. The molecule has 1 aromatic carbocycles. The lowest BCUT2D eigenvalue weighted by Gasteiger charge is -2.19. The van der Waals surface area contributed by atoms with Crippen LogP contribution in [0.2, 0.25) is 0 Å². The Morgan fingerprint density at radius 1 is 1.04 bits per heavy atom. The highest BCUT2D eigenvalue weighted by molar-refractivity contribution is 7.90. The Bertz CT molecular complexity index is 728. The molecule has 0 aromatic heterocycles. The molecule has 0 spiro atoms. The Balaban J connectivity index is 2.21. The molecule has 0 aliphatic rings. The van der Waals surface area contributed by atoms with Gasteiger partial charge >= 0.3 is 6.09 Å². The van der Waals surface area contributed by atoms with Gasteiger partial charge in [0.25, 0.3) is 0 Å². The molecule has 1 rings (SSSR count). The number of sulfone groups is 1. The molecule has 0 radical (unpaired) electrons. The van der Waals surface area contributed by atoms with Gasteiger partial charge in [-0.15, -0.1) is 0 Å². The highest BCUT2D eigenvalue weighted by Gasteiger charge is 2.15. The molecule has 158 valence electrons. The van der Waals surface area contributed by atoms with Crippen LogP contribution in [0.4, 0.5) is 4.79 Å². The highest BCUT2D eigenvalue weighted by atomic mass is 32.2. The fraction of sp³-hybridized carbons (Fsp3) is 0.579. The fourth-order valence-electron chi connectivity index (χ4n) is 2.28. The molecule has 3 N–H and O–H groups in total. The van der Waals surface area contributed by atoms with Crippen LogP contribution in [0, 0.1) is 0 Å². The second-order valence-corrected chi connectivity index (χ2v) is 9.47. The number of hydrogen-bond donors (Lipinski definition) is 3. The molecule has 1 aromatic rings. The minimum Gasteiger partial charge on any atom is -0.444 e. The van der Waals surface area contributed by atoms with E-state index in [9.17, 15) is 13.2 Å². The molecule has 9 heteroatoms. The minimum atomic E-state index is -3.15. The van der Waals surface area contributed by atoms with Crippen molar-refractivity contribution in [3.05, 3.63) is 35.9 Å². The lowest BCUT2D eigenvalue weighted by Crippen LogP contribution is -2.42. The largest absolute Gasteiger partial charge is 0.444 e. The van der Waals surface area contributed by atoms with Crippen molar-refractivity contribution in [3.8, 4) is 0 Å². The zero-order valence-electron chi connectivity index (χ0n) is 17.1. The molecule has 0 atom stereocenters. The van der Waals surface area contributed by atoms with Crippen LogP contribution in [0.25, 0.3) is 0 Å². The molecular formula is C19H32N4O4S. The highest BCUT2D eigenvalue weighted by Crippen LogP contribution is 2.07. The second-order valence-electron chi connectivity index (χ2n) is 7.29. The van der Waals surface area contributed by atoms with E-state index in [2.05, 4.69) is 20.9 Å². The summed E-state index contributed by atoms with van der Waals surface area (Å²) in [4.78, 5) is 15.6. The maximum absolute atomic E-state index is 12.2. The van der Waals surface area contributed by atoms with Crippen LogP contribution in [0.5, 0.6) is 0 Å². The van der Waals surface area contributed by atoms with Crippen molar-refractivity contribution in [3.63, 3.8) is 0 Å². The van der Waals surface area contributed by atoms with Gasteiger partial charge in [-0.3, -0.25) is 4.99 Å². The van der Waals surface area contributed by atoms with Crippen molar-refractivity contribution in [2.75, 3.05) is 32.4 Å². The molecule has 0 aliphatic heterocycles. The molecule has 0 aliphatic carbocycles. The third kappa shape index (κ3) is 11.4. The van der Waals surface area contributed by atoms with E-state index in [0.717, 1.165) is 5.56 Å². The number of alkyl carbamates (subject to hydrolysis) is 1. The molecule has 28 heavy (non-hydrogen) atoms. The number of aliphatic imine (C=N–C) groups is 1. The van der Waals surface area contributed by atoms with Gasteiger partial charge in [-0.1, -0.05) is 30.3 Å². The summed E-state index contributed by atoms with van der Waals surface area (Å²) in [6, 6.07) is 9.15. The van der Waals surface area contributed by atoms with Gasteiger partial charge in [-0.25, -0.2) is 13.2 Å². The lowest BCUT2D eigenvalue weighted by molar-refractivity contribution is 0.0529. The average molecular weight is 413 g/mol. The summed E-state index contributed by atoms with van der Waals surface area (Å²) in [5, 5.41) is 8.75. The van der Waals surface area contributed by atoms with Crippen LogP contribution in [0.3, 0.4) is 0 Å². The molecule has 1 amide bonds. The average Bonchev–Trinajstić information content (AvgIpc) is 2.59. The first-order valence-electron chi connectivity index (χ1n) is 9.27. The van der Waals surface area contributed by atoms with Crippen LogP contribution in [-0.4, -0.2) is 58.5 Å². The summed E-state index contributed by atoms with van der Waals surface area (Å²) in [5.41, 5.74) is 0.265. The molecule has 0 bridgehead atoms. The van der Waals surface area contributed by atoms with E-state index in [1.54, 1.807) is 27.8 Å². The van der Waals surface area contributed by atoms with Gasteiger partial charge in [0.1, 0.15) is 5.60 Å². The van der Waals surface area contributed by atoms with Crippen molar-refractivity contribution < 1.29 is 17.9 Å². The van der Waals surface area contributed by atoms with E-state index in [0.29, 0.717) is 32.0 Å². The van der Waals surface area contributed by atoms with E-state index in [4.69, 9.17) is 4.74 Å². The van der Waals surface area contributed by atoms with Crippen molar-refractivity contribution in [2.45, 2.75) is 38.5 Å². The van der Waals surface area contributed by atoms with Gasteiger partial charge in [0, 0.05) is 26.7 Å². The quantitative estimate of drug-likeness (QED) is 0.323. The van der Waals surface area contributed by atoms with E-state index in [1.165, 1.54) is 0 Å². The molecule has 0 saturated carbocycles. The normalized spacial score (nSPS) is 12.4. The van der Waals surface area contributed by atoms with Gasteiger partial charge in [-0.2, -0.15) is 0 Å². The van der Waals surface area contributed by atoms with E-state index in [-0.39, 0.29) is 11.5 Å². The van der Waals surface area contributed by atoms with Gasteiger partial charge in [0.2, 0.25) is 0 Å². The monoisotopic (exact) mass is 412 g/mol. The predicted octanol–water partition coefficient (Wildman–Crippen LogP) is 1.68. The molecular weight excluding hydrogens is 380 g/mol. The smallest absolute Gasteiger partial charge is 0.407 e. The first-order chi connectivity index (χ1) is 13.1. The summed E-state index contributed by atoms with van der Waals surface area (Å²) in [6.45, 7) is 6.73. The van der Waals surface area contributed by atoms with Gasteiger partial charge in [0.15, 0.2) is 15.8 Å². The maximum Gasteiger partial charge on any atom is 0.407 e. The standard InChI is InChI=1S/C19H32N4O4S/c1-19(2,3)27-18(24)23-13-12-22-17(20-4)21-11-8-14-28(25,26)15-16-9-6-5-7-10-16/h5-7,9-10H,8,11-15H2,1-4H3,(H,23,24)(H2,20,21,22). The number of amides is 1. The van der Waals surface area contributed by atoms with Gasteiger partial charge in [-0.05, 0) is 32.8 Å². The molecule has 0 fully saturated rings. The Hall–Kier alpha value is -2.29. The van der Waals surface area contributed by atoms with Gasteiger partial charge < -0.3 is 20.7 Å². The third-order valence-electron chi connectivity index (χ3n) is 3.46. The van der Waals surface area contributed by atoms with Crippen LogP contribution in [-0.2, 0) is 20.3 Å². The number of benzene rings is 1. The van der Waals surface area contributed by atoms with Crippen molar-refractivity contribution >= 4 is 21.9 Å². The second kappa shape index (κ2) is 11.5. The Kier molecular flexibility index (Phi) is 9.78. The SMILES string of the molecule is CN=C(NCCCS(=O)(=O)Cc1ccccc1)NCCNC(=O)OC(C)(C)C. The van der Waals surface area contributed by atoms with Crippen LogP contribution in [0.15, 0.2) is 35.3 Å². The first kappa shape index (κ1) is 23.7. The Morgan fingerprint density at radius 3 is 2.25 bits per heavy atom. The lowest BCUT2D eigenvalue weighted by atomic mass is 10.2. The van der Waals surface area contributed by atoms with Crippen molar-refractivity contribution in [1.29, 1.82) is 0 Å². The fourth-order valence-corrected chi connectivity index (χ4v) is 3.71. The topological polar surface area (TPSA) is 109 Å². The molecule has 0 heterocycles. The molecule has 0 unspecified atom stereocenters. The molecule has 8 nitrogen and oxygen atoms in total. The van der Waals surface area contributed by atoms with Crippen LogP contribution in [0.1, 0.15) is 32.8 Å². The zero-order chi connectivity index (χ0) is 21.0. The Morgan fingerprint density at radius 2 is 1.64 bits per heavy atom. The number of rotatable bonds is 9. The van der Waals surface area contributed by atoms with E-state index < -0.39 is 21.5 Å². The van der Waals surface area contributed by atoms with Crippen molar-refractivity contribution in [2.24, 2.45) is 4.99 Å². The number of nitrogens with zero attached hydrogens (tertiary/aromatic N) is 1. The zero-order valence-corrected chi connectivity index (χ0v) is 17.9. The number of guanidine groups is 1. The first-order valence-corrected chi connectivity index (χ1v) is 11.1. The summed E-state index contributed by atoms with van der Waals surface area (Å²) in [5.74, 6) is 0.704. The number of ether oxygens (including phenoxy) is 1. The maximum atomic E-state index is 12.2. The Labute approximate surface area is 168 Å². The minimum absolute atomic E-state index is 0.0527. The third-order valence-corrected chi connectivity index (χ3v) is 5.15. The summed E-state index contributed by atoms with van der Waals surface area (Å²) in [6.07, 6.45) is 0.00678. The van der Waals surface area contributed by atoms with Gasteiger partial charge in [0.05, 0.1) is 11.5 Å². The number of carbonyl (C=O) groups is 1. The summed E-state index contributed by atoms with van der Waals surface area (Å²) in [7, 11) is -1.52. The van der Waals surface area contributed by atoms with Crippen LogP contribution < -0.4 is 16.0 Å². The summed E-state index contributed by atoms with van der Waals surface area (Å²) < 4.78 is 29.5. The predicted molar refractivity (Wildman–Crippen MR) is 112 cm³/mol. The van der Waals surface area contributed by atoms with E-state index in [1.807, 2.05) is 30.3 Å².